The standard InChI is InChI=1S/C12H15N3O5S/c13-12(16)9-4-3-7-14(8-9)21(19,20)11-6-2-1-5-10(11)15(17)18/h1-2,5-6,9H,3-4,7-8H2,(H2,13,16). The predicted octanol–water partition coefficient (Wildman–Crippen LogP) is 0.481. The first kappa shape index (κ1) is 15.4. The number of piperidine rings is 1. The Hall–Kier alpha value is -2.00. The number of rotatable bonds is 4. The molecule has 2 N–H and O–H groups in total. The summed E-state index contributed by atoms with van der Waals surface area (Å²) in [5.41, 5.74) is 4.75. The van der Waals surface area contributed by atoms with E-state index in [1.54, 1.807) is 0 Å². The van der Waals surface area contributed by atoms with Crippen LogP contribution in [0.25, 0.3) is 0 Å². The molecule has 1 fully saturated rings. The van der Waals surface area contributed by atoms with Crippen molar-refractivity contribution in [3.8, 4) is 0 Å². The van der Waals surface area contributed by atoms with Crippen LogP contribution in [0.5, 0.6) is 0 Å². The highest BCUT2D eigenvalue weighted by atomic mass is 32.2. The Labute approximate surface area is 121 Å². The summed E-state index contributed by atoms with van der Waals surface area (Å²) < 4.78 is 26.2. The summed E-state index contributed by atoms with van der Waals surface area (Å²) in [6.45, 7) is 0.182. The second kappa shape index (κ2) is 5.78. The zero-order valence-corrected chi connectivity index (χ0v) is 12.0. The highest BCUT2D eigenvalue weighted by Gasteiger charge is 2.35. The van der Waals surface area contributed by atoms with Crippen LogP contribution in [0.2, 0.25) is 0 Å². The minimum absolute atomic E-state index is 0.0380. The number of nitro groups is 1. The molecule has 1 aromatic carbocycles. The lowest BCUT2D eigenvalue weighted by Gasteiger charge is -2.30. The van der Waals surface area contributed by atoms with Gasteiger partial charge in [0.1, 0.15) is 0 Å². The first-order valence-corrected chi connectivity index (χ1v) is 7.81. The monoisotopic (exact) mass is 313 g/mol. The fraction of sp³-hybridized carbons (Fsp3) is 0.417. The number of benzene rings is 1. The zero-order valence-electron chi connectivity index (χ0n) is 11.1. The van der Waals surface area contributed by atoms with Crippen molar-refractivity contribution >= 4 is 21.6 Å². The lowest BCUT2D eigenvalue weighted by atomic mass is 9.99. The largest absolute Gasteiger partial charge is 0.369 e. The van der Waals surface area contributed by atoms with E-state index in [0.717, 1.165) is 10.4 Å². The van der Waals surface area contributed by atoms with Crippen molar-refractivity contribution in [1.29, 1.82) is 0 Å². The summed E-state index contributed by atoms with van der Waals surface area (Å²) >= 11 is 0. The number of nitro benzene ring substituents is 1. The van der Waals surface area contributed by atoms with Crippen LogP contribution in [0, 0.1) is 16.0 Å². The summed E-state index contributed by atoms with van der Waals surface area (Å²) in [6, 6.07) is 5.17. The quantitative estimate of drug-likeness (QED) is 0.639. The maximum atomic E-state index is 12.6. The molecule has 0 bridgehead atoms. The Morgan fingerprint density at radius 2 is 2.05 bits per heavy atom. The van der Waals surface area contributed by atoms with Crippen LogP contribution in [0.15, 0.2) is 29.2 Å². The summed E-state index contributed by atoms with van der Waals surface area (Å²) in [5, 5.41) is 11.0. The molecule has 1 amide bonds. The number of primary amides is 1. The summed E-state index contributed by atoms with van der Waals surface area (Å²) in [7, 11) is -4.02. The first-order chi connectivity index (χ1) is 9.84. The molecule has 1 saturated heterocycles. The second-order valence-electron chi connectivity index (χ2n) is 4.83. The molecule has 0 aliphatic carbocycles. The number of nitrogens with zero attached hydrogens (tertiary/aromatic N) is 2. The Morgan fingerprint density at radius 3 is 2.67 bits per heavy atom. The van der Waals surface area contributed by atoms with Crippen molar-refractivity contribution < 1.29 is 18.1 Å². The average molecular weight is 313 g/mol. The van der Waals surface area contributed by atoms with E-state index in [1.807, 2.05) is 0 Å². The smallest absolute Gasteiger partial charge is 0.289 e. The lowest BCUT2D eigenvalue weighted by molar-refractivity contribution is -0.387. The van der Waals surface area contributed by atoms with Crippen molar-refractivity contribution in [3.05, 3.63) is 34.4 Å². The fourth-order valence-electron chi connectivity index (χ4n) is 2.36. The zero-order chi connectivity index (χ0) is 15.6. The molecule has 114 valence electrons. The number of nitrogens with two attached hydrogens (primary N) is 1. The lowest BCUT2D eigenvalue weighted by Crippen LogP contribution is -2.44. The van der Waals surface area contributed by atoms with Crippen LogP contribution in [0.4, 0.5) is 5.69 Å². The van der Waals surface area contributed by atoms with E-state index in [2.05, 4.69) is 0 Å². The number of carbonyl (C=O) groups excluding carboxylic acids is 1. The SMILES string of the molecule is NC(=O)C1CCCN(S(=O)(=O)c2ccccc2[N+](=O)[O-])C1. The van der Waals surface area contributed by atoms with Gasteiger partial charge in [0.15, 0.2) is 4.90 Å². The highest BCUT2D eigenvalue weighted by molar-refractivity contribution is 7.89. The van der Waals surface area contributed by atoms with E-state index in [1.165, 1.54) is 18.2 Å². The molecule has 0 saturated carbocycles. The molecule has 2 rings (SSSR count). The highest BCUT2D eigenvalue weighted by Crippen LogP contribution is 2.29. The maximum Gasteiger partial charge on any atom is 0.289 e. The van der Waals surface area contributed by atoms with Crippen LogP contribution in [0.3, 0.4) is 0 Å². The van der Waals surface area contributed by atoms with Gasteiger partial charge in [0, 0.05) is 19.2 Å². The molecule has 1 aliphatic heterocycles. The molecule has 1 unspecified atom stereocenters. The molecule has 1 aliphatic rings. The molecular weight excluding hydrogens is 298 g/mol. The van der Waals surface area contributed by atoms with Crippen molar-refractivity contribution in [2.45, 2.75) is 17.7 Å². The third-order valence-corrected chi connectivity index (χ3v) is 5.38. The molecule has 0 aromatic heterocycles. The number of carbonyl (C=O) groups is 1. The van der Waals surface area contributed by atoms with Crippen LogP contribution >= 0.6 is 0 Å². The van der Waals surface area contributed by atoms with Crippen LogP contribution in [-0.2, 0) is 14.8 Å². The Balaban J connectivity index is 2.38. The number of para-hydroxylation sites is 1. The minimum Gasteiger partial charge on any atom is -0.369 e. The average Bonchev–Trinajstić information content (AvgIpc) is 2.47. The third kappa shape index (κ3) is 3.03. The van der Waals surface area contributed by atoms with Gasteiger partial charge in [-0.1, -0.05) is 12.1 Å². The van der Waals surface area contributed by atoms with E-state index >= 15 is 0 Å². The van der Waals surface area contributed by atoms with Crippen molar-refractivity contribution in [2.75, 3.05) is 13.1 Å². The Bertz CT molecular complexity index is 673. The molecule has 1 atom stereocenters. The maximum absolute atomic E-state index is 12.6. The minimum atomic E-state index is -4.02. The van der Waals surface area contributed by atoms with Gasteiger partial charge < -0.3 is 5.73 Å². The molecule has 8 nitrogen and oxygen atoms in total. The summed E-state index contributed by atoms with van der Waals surface area (Å²) in [5.74, 6) is -1.12. The first-order valence-electron chi connectivity index (χ1n) is 6.37. The van der Waals surface area contributed by atoms with Gasteiger partial charge in [0.2, 0.25) is 15.9 Å². The van der Waals surface area contributed by atoms with Gasteiger partial charge in [-0.05, 0) is 18.9 Å². The van der Waals surface area contributed by atoms with Gasteiger partial charge in [0.05, 0.1) is 10.8 Å². The number of hydrogen-bond acceptors (Lipinski definition) is 5. The van der Waals surface area contributed by atoms with Crippen LogP contribution in [-0.4, -0.2) is 36.6 Å². The molecule has 9 heteroatoms. The van der Waals surface area contributed by atoms with Gasteiger partial charge in [-0.25, -0.2) is 8.42 Å². The van der Waals surface area contributed by atoms with E-state index in [0.29, 0.717) is 12.8 Å². The van der Waals surface area contributed by atoms with Crippen LogP contribution in [0.1, 0.15) is 12.8 Å². The van der Waals surface area contributed by atoms with Gasteiger partial charge in [-0.2, -0.15) is 4.31 Å². The van der Waals surface area contributed by atoms with Gasteiger partial charge >= 0.3 is 0 Å². The fourth-order valence-corrected chi connectivity index (χ4v) is 4.04. The second-order valence-corrected chi connectivity index (χ2v) is 6.74. The van der Waals surface area contributed by atoms with Gasteiger partial charge in [0.25, 0.3) is 5.69 Å². The van der Waals surface area contributed by atoms with Crippen molar-refractivity contribution in [2.24, 2.45) is 11.7 Å². The molecule has 1 aromatic rings. The summed E-state index contributed by atoms with van der Waals surface area (Å²) in [6.07, 6.45) is 1.02. The van der Waals surface area contributed by atoms with E-state index in [4.69, 9.17) is 5.73 Å². The Kier molecular flexibility index (Phi) is 4.24. The van der Waals surface area contributed by atoms with Crippen LogP contribution < -0.4 is 5.73 Å². The van der Waals surface area contributed by atoms with Gasteiger partial charge in [-0.3, -0.25) is 14.9 Å². The number of hydrogen-bond donors (Lipinski definition) is 1. The topological polar surface area (TPSA) is 124 Å². The molecule has 0 spiro atoms. The number of amides is 1. The molecule has 21 heavy (non-hydrogen) atoms. The van der Waals surface area contributed by atoms with E-state index in [9.17, 15) is 23.3 Å². The summed E-state index contributed by atoms with van der Waals surface area (Å²) in [4.78, 5) is 21.1. The molecule has 0 radical (unpaired) electrons. The van der Waals surface area contributed by atoms with Crippen molar-refractivity contribution in [1.82, 2.24) is 4.31 Å². The normalized spacial score (nSPS) is 20.1. The van der Waals surface area contributed by atoms with Gasteiger partial charge in [-0.15, -0.1) is 0 Å². The molecular formula is C12H15N3O5S. The third-order valence-electron chi connectivity index (χ3n) is 3.47. The number of sulfonamides is 1. The van der Waals surface area contributed by atoms with Crippen molar-refractivity contribution in [3.63, 3.8) is 0 Å². The van der Waals surface area contributed by atoms with E-state index < -0.39 is 32.5 Å². The van der Waals surface area contributed by atoms with E-state index in [-0.39, 0.29) is 18.0 Å². The predicted molar refractivity (Wildman–Crippen MR) is 73.8 cm³/mol. The Morgan fingerprint density at radius 1 is 1.38 bits per heavy atom. The molecule has 1 heterocycles.